The van der Waals surface area contributed by atoms with E-state index in [9.17, 15) is 5.11 Å². The first-order valence-electron chi connectivity index (χ1n) is 13.7. The highest BCUT2D eigenvalue weighted by molar-refractivity contribution is 5.11. The molecule has 4 fully saturated rings. The average Bonchev–Trinajstić information content (AvgIpc) is 3.23. The van der Waals surface area contributed by atoms with Crippen molar-refractivity contribution in [3.63, 3.8) is 0 Å². The van der Waals surface area contributed by atoms with Crippen LogP contribution in [-0.4, -0.2) is 11.7 Å². The first kappa shape index (κ1) is 23.1. The molecule has 1 heteroatoms. The van der Waals surface area contributed by atoms with Crippen molar-refractivity contribution in [1.29, 1.82) is 0 Å². The second kappa shape index (κ2) is 8.39. The van der Waals surface area contributed by atoms with Gasteiger partial charge in [0.2, 0.25) is 0 Å². The van der Waals surface area contributed by atoms with E-state index >= 15 is 0 Å². The van der Waals surface area contributed by atoms with E-state index in [1.165, 1.54) is 57.8 Å². The fourth-order valence-electron chi connectivity index (χ4n) is 10.1. The first-order valence-corrected chi connectivity index (χ1v) is 13.7. The van der Waals surface area contributed by atoms with Crippen molar-refractivity contribution in [2.45, 2.75) is 106 Å². The Balaban J connectivity index is 1.48. The highest BCUT2D eigenvalue weighted by Crippen LogP contribution is 2.69. The molecule has 0 aromatic heterocycles. The van der Waals surface area contributed by atoms with Gasteiger partial charge in [-0.05, 0) is 128 Å². The summed E-state index contributed by atoms with van der Waals surface area (Å²) in [6.45, 7) is 18.2. The molecule has 0 bridgehead atoms. The zero-order valence-electron chi connectivity index (χ0n) is 21.3. The number of aliphatic hydroxyl groups is 1. The van der Waals surface area contributed by atoms with Crippen LogP contribution in [0.5, 0.6) is 0 Å². The van der Waals surface area contributed by atoms with Crippen molar-refractivity contribution in [2.24, 2.45) is 70.0 Å². The fraction of sp³-hybridized carbons (Fsp3) is 1.00. The van der Waals surface area contributed by atoms with Crippen LogP contribution >= 0.6 is 0 Å². The van der Waals surface area contributed by atoms with E-state index in [0.717, 1.165) is 53.3 Å². The van der Waals surface area contributed by atoms with Gasteiger partial charge in [-0.2, -0.15) is 0 Å². The smallest absolute Gasteiger partial charge is 0.0462 e. The molecule has 0 aliphatic heterocycles. The minimum absolute atomic E-state index is 0.436. The van der Waals surface area contributed by atoms with Gasteiger partial charge in [0.1, 0.15) is 0 Å². The van der Waals surface area contributed by atoms with Gasteiger partial charge in [0, 0.05) is 6.61 Å². The third-order valence-corrected chi connectivity index (χ3v) is 12.3. The summed E-state index contributed by atoms with van der Waals surface area (Å²) in [4.78, 5) is 0. The molecule has 0 spiro atoms. The van der Waals surface area contributed by atoms with Gasteiger partial charge in [-0.1, -0.05) is 48.5 Å². The summed E-state index contributed by atoms with van der Waals surface area (Å²) in [5.41, 5.74) is 1.13. The second-order valence-corrected chi connectivity index (χ2v) is 13.6. The Morgan fingerprint density at radius 2 is 1.40 bits per heavy atom. The lowest BCUT2D eigenvalue weighted by atomic mass is 9.46. The predicted molar refractivity (Wildman–Crippen MR) is 128 cm³/mol. The fourth-order valence-corrected chi connectivity index (χ4v) is 10.1. The van der Waals surface area contributed by atoms with Gasteiger partial charge >= 0.3 is 0 Å². The Bertz CT molecular complexity index is 597. The third kappa shape index (κ3) is 3.52. The van der Waals surface area contributed by atoms with E-state index in [1.807, 2.05) is 0 Å². The zero-order valence-corrected chi connectivity index (χ0v) is 21.3. The molecule has 0 saturated heterocycles. The minimum Gasteiger partial charge on any atom is -0.396 e. The summed E-state index contributed by atoms with van der Waals surface area (Å²) in [5, 5.41) is 9.95. The monoisotopic (exact) mass is 416 g/mol. The highest BCUT2D eigenvalue weighted by atomic mass is 16.3. The molecule has 4 rings (SSSR count). The van der Waals surface area contributed by atoms with Crippen molar-refractivity contribution in [3.05, 3.63) is 0 Å². The van der Waals surface area contributed by atoms with E-state index in [-0.39, 0.29) is 0 Å². The van der Waals surface area contributed by atoms with E-state index in [2.05, 4.69) is 48.5 Å². The van der Waals surface area contributed by atoms with Crippen LogP contribution in [0.2, 0.25) is 0 Å². The molecule has 11 atom stereocenters. The molecule has 0 amide bonds. The van der Waals surface area contributed by atoms with Gasteiger partial charge in [-0.15, -0.1) is 0 Å². The summed E-state index contributed by atoms with van der Waals surface area (Å²) < 4.78 is 0. The Kier molecular flexibility index (Phi) is 6.47. The number of hydrogen-bond donors (Lipinski definition) is 1. The normalized spacial score (nSPS) is 48.7. The number of fused-ring (bicyclic) bond motifs is 5. The van der Waals surface area contributed by atoms with Crippen molar-refractivity contribution in [3.8, 4) is 0 Å². The van der Waals surface area contributed by atoms with Crippen LogP contribution in [0.15, 0.2) is 0 Å². The van der Waals surface area contributed by atoms with Crippen LogP contribution in [0, 0.1) is 70.0 Å². The standard InChI is InChI=1S/C29H52O/c1-18(2)21(5)19(3)16-20(4)24-10-11-26-23-8-9-25-22(17-30)12-14-29(25,7)27(23)13-15-28(24,26)6/h18-27,30H,8-17H2,1-7H3. The maximum Gasteiger partial charge on any atom is 0.0462 e. The minimum atomic E-state index is 0.436. The van der Waals surface area contributed by atoms with Crippen molar-refractivity contribution < 1.29 is 5.11 Å². The van der Waals surface area contributed by atoms with Crippen LogP contribution in [0.4, 0.5) is 0 Å². The Labute approximate surface area is 188 Å². The maximum absolute atomic E-state index is 9.95. The van der Waals surface area contributed by atoms with Gasteiger partial charge in [0.15, 0.2) is 0 Å². The molecule has 1 nitrogen and oxygen atoms in total. The molecule has 0 aromatic carbocycles. The molecule has 11 unspecified atom stereocenters. The zero-order chi connectivity index (χ0) is 21.8. The summed E-state index contributed by atoms with van der Waals surface area (Å²) in [6, 6.07) is 0. The Morgan fingerprint density at radius 1 is 0.767 bits per heavy atom. The molecular weight excluding hydrogens is 364 g/mol. The summed E-state index contributed by atoms with van der Waals surface area (Å²) in [5.74, 6) is 8.63. The maximum atomic E-state index is 9.95. The largest absolute Gasteiger partial charge is 0.396 e. The third-order valence-electron chi connectivity index (χ3n) is 12.3. The average molecular weight is 417 g/mol. The molecule has 0 aromatic rings. The highest BCUT2D eigenvalue weighted by Gasteiger charge is 2.61. The van der Waals surface area contributed by atoms with E-state index in [0.29, 0.717) is 23.4 Å². The van der Waals surface area contributed by atoms with Crippen molar-refractivity contribution >= 4 is 0 Å². The van der Waals surface area contributed by atoms with Crippen molar-refractivity contribution in [2.75, 3.05) is 6.61 Å². The molecule has 4 aliphatic carbocycles. The lowest BCUT2D eigenvalue weighted by Crippen LogP contribution is -2.51. The van der Waals surface area contributed by atoms with Crippen LogP contribution in [0.1, 0.15) is 106 Å². The van der Waals surface area contributed by atoms with Gasteiger partial charge in [-0.25, -0.2) is 0 Å². The van der Waals surface area contributed by atoms with Crippen LogP contribution in [0.3, 0.4) is 0 Å². The predicted octanol–water partition coefficient (Wildman–Crippen LogP) is 7.82. The van der Waals surface area contributed by atoms with Gasteiger partial charge in [0.25, 0.3) is 0 Å². The molecule has 4 aliphatic rings. The molecule has 30 heavy (non-hydrogen) atoms. The molecule has 0 radical (unpaired) electrons. The summed E-state index contributed by atoms with van der Waals surface area (Å²) in [6.07, 6.45) is 12.9. The van der Waals surface area contributed by atoms with Crippen molar-refractivity contribution in [1.82, 2.24) is 0 Å². The van der Waals surface area contributed by atoms with Gasteiger partial charge < -0.3 is 5.11 Å². The Hall–Kier alpha value is -0.0400. The molecule has 4 saturated carbocycles. The van der Waals surface area contributed by atoms with Crippen LogP contribution < -0.4 is 0 Å². The summed E-state index contributed by atoms with van der Waals surface area (Å²) in [7, 11) is 0. The van der Waals surface area contributed by atoms with E-state index < -0.39 is 0 Å². The SMILES string of the molecule is CC(C)C(C)C(C)CC(C)C1CCC2C3CCC4C(CO)CCC4(C)C3CCC12C. The van der Waals surface area contributed by atoms with E-state index in [1.54, 1.807) is 0 Å². The summed E-state index contributed by atoms with van der Waals surface area (Å²) >= 11 is 0. The molecule has 0 heterocycles. The first-order chi connectivity index (χ1) is 14.1. The van der Waals surface area contributed by atoms with Crippen LogP contribution in [-0.2, 0) is 0 Å². The number of aliphatic hydroxyl groups excluding tert-OH is 1. The van der Waals surface area contributed by atoms with Crippen LogP contribution in [0.25, 0.3) is 0 Å². The number of rotatable bonds is 6. The molecule has 1 N–H and O–H groups in total. The van der Waals surface area contributed by atoms with Gasteiger partial charge in [-0.3, -0.25) is 0 Å². The second-order valence-electron chi connectivity index (χ2n) is 13.6. The molecular formula is C29H52O. The lowest BCUT2D eigenvalue weighted by molar-refractivity contribution is -0.0981. The van der Waals surface area contributed by atoms with E-state index in [4.69, 9.17) is 0 Å². The van der Waals surface area contributed by atoms with Gasteiger partial charge in [0.05, 0.1) is 0 Å². The topological polar surface area (TPSA) is 20.2 Å². The molecule has 174 valence electrons. The number of hydrogen-bond acceptors (Lipinski definition) is 1. The lowest BCUT2D eigenvalue weighted by Gasteiger charge is -2.58. The Morgan fingerprint density at radius 3 is 2.07 bits per heavy atom. The quantitative estimate of drug-likeness (QED) is 0.468.